The second-order valence-electron chi connectivity index (χ2n) is 7.55. The van der Waals surface area contributed by atoms with Gasteiger partial charge in [-0.25, -0.2) is 9.50 Å². The van der Waals surface area contributed by atoms with Crippen molar-refractivity contribution in [1.29, 1.82) is 0 Å². The summed E-state index contributed by atoms with van der Waals surface area (Å²) in [6, 6.07) is 19.8. The summed E-state index contributed by atoms with van der Waals surface area (Å²) in [7, 11) is 1.64. The Balaban J connectivity index is 1.44. The highest BCUT2D eigenvalue weighted by Gasteiger charge is 2.14. The number of carbonyl (C=O) groups excluding carboxylic acids is 1. The SMILES string of the molecule is COc1ccc(CNC(=O)CCc2c(C)nc3cc(-c4ccccc4)nn3c2C)cc1. The molecule has 0 unspecified atom stereocenters. The van der Waals surface area contributed by atoms with Crippen LogP contribution in [0.1, 0.15) is 28.9 Å². The molecule has 0 aliphatic carbocycles. The minimum atomic E-state index is 0.0140. The molecule has 6 heteroatoms. The lowest BCUT2D eigenvalue weighted by Crippen LogP contribution is -2.23. The van der Waals surface area contributed by atoms with E-state index in [4.69, 9.17) is 14.8 Å². The molecule has 2 heterocycles. The molecule has 0 spiro atoms. The summed E-state index contributed by atoms with van der Waals surface area (Å²) >= 11 is 0. The van der Waals surface area contributed by atoms with E-state index in [2.05, 4.69) is 5.32 Å². The molecule has 2 aromatic heterocycles. The summed E-state index contributed by atoms with van der Waals surface area (Å²) in [5.74, 6) is 0.818. The van der Waals surface area contributed by atoms with Crippen LogP contribution in [-0.2, 0) is 17.8 Å². The molecule has 1 N–H and O–H groups in total. The number of fused-ring (bicyclic) bond motifs is 1. The van der Waals surface area contributed by atoms with Crippen molar-refractivity contribution >= 4 is 11.6 Å². The average Bonchev–Trinajstić information content (AvgIpc) is 3.22. The van der Waals surface area contributed by atoms with Crippen molar-refractivity contribution in [2.45, 2.75) is 33.2 Å². The smallest absolute Gasteiger partial charge is 0.220 e. The molecule has 0 aliphatic rings. The second kappa shape index (κ2) is 9.00. The van der Waals surface area contributed by atoms with E-state index >= 15 is 0 Å². The van der Waals surface area contributed by atoms with Crippen LogP contribution in [0.4, 0.5) is 0 Å². The number of aromatic nitrogens is 3. The van der Waals surface area contributed by atoms with Gasteiger partial charge >= 0.3 is 0 Å². The Kier molecular flexibility index (Phi) is 5.98. The maximum absolute atomic E-state index is 12.4. The molecular formula is C25H26N4O2. The molecule has 0 aliphatic heterocycles. The van der Waals surface area contributed by atoms with Crippen LogP contribution in [0.5, 0.6) is 5.75 Å². The van der Waals surface area contributed by atoms with Crippen molar-refractivity contribution in [1.82, 2.24) is 19.9 Å². The van der Waals surface area contributed by atoms with Crippen molar-refractivity contribution in [3.05, 3.63) is 83.2 Å². The summed E-state index contributed by atoms with van der Waals surface area (Å²) in [5, 5.41) is 7.73. The van der Waals surface area contributed by atoms with Gasteiger partial charge in [0.15, 0.2) is 5.65 Å². The summed E-state index contributed by atoms with van der Waals surface area (Å²) in [6.07, 6.45) is 1.02. The van der Waals surface area contributed by atoms with Gasteiger partial charge in [-0.15, -0.1) is 0 Å². The molecule has 6 nitrogen and oxygen atoms in total. The van der Waals surface area contributed by atoms with Gasteiger partial charge in [0.05, 0.1) is 12.8 Å². The molecule has 0 radical (unpaired) electrons. The predicted octanol–water partition coefficient (Wildman–Crippen LogP) is 4.27. The Morgan fingerprint density at radius 2 is 1.81 bits per heavy atom. The third-order valence-electron chi connectivity index (χ3n) is 5.48. The highest BCUT2D eigenvalue weighted by molar-refractivity contribution is 5.76. The van der Waals surface area contributed by atoms with Crippen molar-refractivity contribution in [2.75, 3.05) is 7.11 Å². The molecule has 1 amide bonds. The number of carbonyl (C=O) groups is 1. The minimum Gasteiger partial charge on any atom is -0.497 e. The summed E-state index contributed by atoms with van der Waals surface area (Å²) in [4.78, 5) is 17.1. The van der Waals surface area contributed by atoms with Gasteiger partial charge in [-0.1, -0.05) is 42.5 Å². The molecule has 31 heavy (non-hydrogen) atoms. The van der Waals surface area contributed by atoms with E-state index in [1.54, 1.807) is 7.11 Å². The van der Waals surface area contributed by atoms with Crippen molar-refractivity contribution in [2.24, 2.45) is 0 Å². The number of nitrogens with zero attached hydrogens (tertiary/aromatic N) is 3. The van der Waals surface area contributed by atoms with Crippen LogP contribution in [0.2, 0.25) is 0 Å². The van der Waals surface area contributed by atoms with Crippen LogP contribution in [0.3, 0.4) is 0 Å². The summed E-state index contributed by atoms with van der Waals surface area (Å²) in [5.41, 5.74) is 6.83. The monoisotopic (exact) mass is 414 g/mol. The van der Waals surface area contributed by atoms with Gasteiger partial charge in [0, 0.05) is 36.0 Å². The first-order valence-corrected chi connectivity index (χ1v) is 10.4. The van der Waals surface area contributed by atoms with Gasteiger partial charge in [-0.3, -0.25) is 4.79 Å². The Labute approximate surface area is 181 Å². The van der Waals surface area contributed by atoms with Gasteiger partial charge in [-0.2, -0.15) is 5.10 Å². The number of hydrogen-bond donors (Lipinski definition) is 1. The number of benzene rings is 2. The highest BCUT2D eigenvalue weighted by Crippen LogP contribution is 2.22. The first-order valence-electron chi connectivity index (χ1n) is 10.4. The fraction of sp³-hybridized carbons (Fsp3) is 0.240. The number of ether oxygens (including phenoxy) is 1. The molecule has 0 saturated heterocycles. The lowest BCUT2D eigenvalue weighted by molar-refractivity contribution is -0.121. The maximum atomic E-state index is 12.4. The molecule has 158 valence electrons. The number of nitrogens with one attached hydrogen (secondary N) is 1. The number of amides is 1. The van der Waals surface area contributed by atoms with E-state index in [1.807, 2.05) is 79.0 Å². The minimum absolute atomic E-state index is 0.0140. The van der Waals surface area contributed by atoms with Crippen LogP contribution >= 0.6 is 0 Å². The highest BCUT2D eigenvalue weighted by atomic mass is 16.5. The van der Waals surface area contributed by atoms with Gasteiger partial charge in [0.25, 0.3) is 0 Å². The zero-order chi connectivity index (χ0) is 21.8. The quantitative estimate of drug-likeness (QED) is 0.490. The first-order chi connectivity index (χ1) is 15.0. The standard InChI is InChI=1S/C25H26N4O2/c1-17-22(13-14-25(30)26-16-19-9-11-21(31-3)12-10-19)18(2)29-24(27-17)15-23(28-29)20-7-5-4-6-8-20/h4-12,15H,13-14,16H2,1-3H3,(H,26,30). The third-order valence-corrected chi connectivity index (χ3v) is 5.48. The Bertz CT molecular complexity index is 1200. The van der Waals surface area contributed by atoms with E-state index in [0.717, 1.165) is 45.2 Å². The average molecular weight is 415 g/mol. The number of aryl methyl sites for hydroxylation is 2. The number of methoxy groups -OCH3 is 1. The van der Waals surface area contributed by atoms with E-state index in [0.29, 0.717) is 19.4 Å². The number of rotatable bonds is 7. The maximum Gasteiger partial charge on any atom is 0.220 e. The van der Waals surface area contributed by atoms with Crippen LogP contribution in [0.25, 0.3) is 16.9 Å². The van der Waals surface area contributed by atoms with Crippen molar-refractivity contribution in [3.8, 4) is 17.0 Å². The molecule has 0 fully saturated rings. The van der Waals surface area contributed by atoms with Crippen molar-refractivity contribution < 1.29 is 9.53 Å². The normalized spacial score (nSPS) is 10.9. The molecular weight excluding hydrogens is 388 g/mol. The van der Waals surface area contributed by atoms with E-state index in [1.165, 1.54) is 0 Å². The summed E-state index contributed by atoms with van der Waals surface area (Å²) < 4.78 is 7.04. The molecule has 0 bridgehead atoms. The molecule has 2 aromatic carbocycles. The second-order valence-corrected chi connectivity index (χ2v) is 7.55. The van der Waals surface area contributed by atoms with Gasteiger partial charge in [0.2, 0.25) is 5.91 Å². The summed E-state index contributed by atoms with van der Waals surface area (Å²) in [6.45, 7) is 4.53. The van der Waals surface area contributed by atoms with E-state index < -0.39 is 0 Å². The van der Waals surface area contributed by atoms with E-state index in [9.17, 15) is 4.79 Å². The Morgan fingerprint density at radius 1 is 1.06 bits per heavy atom. The molecule has 0 atom stereocenters. The zero-order valence-electron chi connectivity index (χ0n) is 18.1. The first kappa shape index (κ1) is 20.6. The molecule has 0 saturated carbocycles. The molecule has 4 rings (SSSR count). The van der Waals surface area contributed by atoms with Crippen LogP contribution in [0.15, 0.2) is 60.7 Å². The van der Waals surface area contributed by atoms with Crippen molar-refractivity contribution in [3.63, 3.8) is 0 Å². The third kappa shape index (κ3) is 4.58. The Hall–Kier alpha value is -3.67. The molecule has 4 aromatic rings. The fourth-order valence-electron chi connectivity index (χ4n) is 3.71. The largest absolute Gasteiger partial charge is 0.497 e. The Morgan fingerprint density at radius 3 is 2.52 bits per heavy atom. The predicted molar refractivity (Wildman–Crippen MR) is 121 cm³/mol. The topological polar surface area (TPSA) is 68.5 Å². The van der Waals surface area contributed by atoms with Gasteiger partial charge in [-0.05, 0) is 43.5 Å². The van der Waals surface area contributed by atoms with Crippen LogP contribution in [0, 0.1) is 13.8 Å². The zero-order valence-corrected chi connectivity index (χ0v) is 18.1. The fourth-order valence-corrected chi connectivity index (χ4v) is 3.71. The van der Waals surface area contributed by atoms with Crippen LogP contribution in [-0.4, -0.2) is 27.6 Å². The van der Waals surface area contributed by atoms with Crippen LogP contribution < -0.4 is 10.1 Å². The van der Waals surface area contributed by atoms with Gasteiger partial charge in [0.1, 0.15) is 5.75 Å². The number of hydrogen-bond acceptors (Lipinski definition) is 4. The lowest BCUT2D eigenvalue weighted by atomic mass is 10.1. The van der Waals surface area contributed by atoms with E-state index in [-0.39, 0.29) is 5.91 Å². The van der Waals surface area contributed by atoms with Gasteiger partial charge < -0.3 is 10.1 Å². The lowest BCUT2D eigenvalue weighted by Gasteiger charge is -2.11.